The maximum Gasteiger partial charge on any atom is 0.129 e. The van der Waals surface area contributed by atoms with Gasteiger partial charge >= 0.3 is 0 Å². The van der Waals surface area contributed by atoms with E-state index in [-0.39, 0.29) is 11.9 Å². The Kier molecular flexibility index (Phi) is 3.72. The molecule has 90 valence electrons. The number of ether oxygens (including phenoxy) is 1. The number of morpholine rings is 1. The molecule has 1 saturated heterocycles. The summed E-state index contributed by atoms with van der Waals surface area (Å²) >= 11 is 0. The molecule has 0 aromatic heterocycles. The molecule has 1 aromatic rings. The molecule has 1 heterocycles. The first-order valence-corrected chi connectivity index (χ1v) is 5.71. The quantitative estimate of drug-likeness (QED) is 0.784. The van der Waals surface area contributed by atoms with Gasteiger partial charge in [-0.15, -0.1) is 0 Å². The summed E-state index contributed by atoms with van der Waals surface area (Å²) in [5.41, 5.74) is 1.000. The first-order valence-electron chi connectivity index (χ1n) is 5.71. The Balaban J connectivity index is 2.06. The fraction of sp³-hybridized carbons (Fsp3) is 0.462. The Hall–Kier alpha value is -1.44. The van der Waals surface area contributed by atoms with E-state index in [2.05, 4.69) is 4.90 Å². The van der Waals surface area contributed by atoms with Crippen LogP contribution in [-0.2, 0) is 11.3 Å². The highest BCUT2D eigenvalue weighted by atomic mass is 19.1. The zero-order valence-electron chi connectivity index (χ0n) is 9.82. The van der Waals surface area contributed by atoms with Crippen LogP contribution in [-0.4, -0.2) is 30.7 Å². The van der Waals surface area contributed by atoms with Gasteiger partial charge < -0.3 is 4.74 Å². The highest BCUT2D eigenvalue weighted by Gasteiger charge is 2.17. The number of halogens is 1. The SMILES string of the molecule is CC1CN(Cc2ccc(C#N)cc2F)CCO1. The van der Waals surface area contributed by atoms with Gasteiger partial charge in [-0.3, -0.25) is 4.90 Å². The maximum atomic E-state index is 13.7. The smallest absolute Gasteiger partial charge is 0.129 e. The summed E-state index contributed by atoms with van der Waals surface area (Å²) in [4.78, 5) is 2.17. The van der Waals surface area contributed by atoms with E-state index in [1.54, 1.807) is 12.1 Å². The monoisotopic (exact) mass is 234 g/mol. The zero-order valence-corrected chi connectivity index (χ0v) is 9.82. The molecule has 1 atom stereocenters. The summed E-state index contributed by atoms with van der Waals surface area (Å²) < 4.78 is 19.1. The molecule has 0 radical (unpaired) electrons. The Morgan fingerprint density at radius 2 is 2.41 bits per heavy atom. The van der Waals surface area contributed by atoms with Crippen molar-refractivity contribution in [2.75, 3.05) is 19.7 Å². The van der Waals surface area contributed by atoms with Crippen LogP contribution >= 0.6 is 0 Å². The van der Waals surface area contributed by atoms with E-state index in [0.717, 1.165) is 13.1 Å². The van der Waals surface area contributed by atoms with Crippen molar-refractivity contribution in [1.29, 1.82) is 5.26 Å². The Morgan fingerprint density at radius 1 is 1.59 bits per heavy atom. The van der Waals surface area contributed by atoms with Crippen LogP contribution in [0.2, 0.25) is 0 Å². The third kappa shape index (κ3) is 3.02. The van der Waals surface area contributed by atoms with Crippen LogP contribution in [0.25, 0.3) is 0 Å². The predicted molar refractivity (Wildman–Crippen MR) is 61.8 cm³/mol. The van der Waals surface area contributed by atoms with E-state index in [0.29, 0.717) is 24.3 Å². The van der Waals surface area contributed by atoms with E-state index in [1.807, 2.05) is 13.0 Å². The van der Waals surface area contributed by atoms with Crippen LogP contribution in [0.1, 0.15) is 18.1 Å². The van der Waals surface area contributed by atoms with Crippen LogP contribution in [0.4, 0.5) is 4.39 Å². The van der Waals surface area contributed by atoms with E-state index in [9.17, 15) is 4.39 Å². The Morgan fingerprint density at radius 3 is 3.06 bits per heavy atom. The van der Waals surface area contributed by atoms with Crippen molar-refractivity contribution >= 4 is 0 Å². The lowest BCUT2D eigenvalue weighted by molar-refractivity contribution is -0.0215. The Bertz CT molecular complexity index is 442. The molecule has 1 aliphatic heterocycles. The average molecular weight is 234 g/mol. The second-order valence-corrected chi connectivity index (χ2v) is 4.33. The molecular formula is C13H15FN2O. The molecule has 0 amide bonds. The van der Waals surface area contributed by atoms with E-state index >= 15 is 0 Å². The number of rotatable bonds is 2. The molecule has 4 heteroatoms. The number of benzene rings is 1. The molecule has 17 heavy (non-hydrogen) atoms. The van der Waals surface area contributed by atoms with Crippen LogP contribution in [0.15, 0.2) is 18.2 Å². The lowest BCUT2D eigenvalue weighted by atomic mass is 10.1. The second-order valence-electron chi connectivity index (χ2n) is 4.33. The van der Waals surface area contributed by atoms with Crippen molar-refractivity contribution in [1.82, 2.24) is 4.90 Å². The van der Waals surface area contributed by atoms with Gasteiger partial charge in [0.15, 0.2) is 0 Å². The van der Waals surface area contributed by atoms with E-state index in [1.165, 1.54) is 6.07 Å². The van der Waals surface area contributed by atoms with Crippen LogP contribution < -0.4 is 0 Å². The largest absolute Gasteiger partial charge is 0.376 e. The normalized spacial score (nSPS) is 21.1. The van der Waals surface area contributed by atoms with Crippen molar-refractivity contribution in [3.63, 3.8) is 0 Å². The lowest BCUT2D eigenvalue weighted by Gasteiger charge is -2.31. The molecule has 0 saturated carbocycles. The van der Waals surface area contributed by atoms with Crippen LogP contribution in [0.3, 0.4) is 0 Å². The number of nitriles is 1. The van der Waals surface area contributed by atoms with Gasteiger partial charge in [-0.2, -0.15) is 5.26 Å². The molecule has 1 aromatic carbocycles. The van der Waals surface area contributed by atoms with Gasteiger partial charge in [0.1, 0.15) is 5.82 Å². The molecule has 1 fully saturated rings. The number of nitrogens with zero attached hydrogens (tertiary/aromatic N) is 2. The van der Waals surface area contributed by atoms with E-state index < -0.39 is 0 Å². The first-order chi connectivity index (χ1) is 8.19. The molecule has 1 unspecified atom stereocenters. The van der Waals surface area contributed by atoms with Gasteiger partial charge in [0.05, 0.1) is 24.3 Å². The minimum Gasteiger partial charge on any atom is -0.376 e. The third-order valence-corrected chi connectivity index (χ3v) is 2.90. The molecule has 3 nitrogen and oxygen atoms in total. The van der Waals surface area contributed by atoms with Gasteiger partial charge in [0.2, 0.25) is 0 Å². The molecule has 0 N–H and O–H groups in total. The van der Waals surface area contributed by atoms with E-state index in [4.69, 9.17) is 10.00 Å². The lowest BCUT2D eigenvalue weighted by Crippen LogP contribution is -2.40. The summed E-state index contributed by atoms with van der Waals surface area (Å²) in [5, 5.41) is 8.67. The third-order valence-electron chi connectivity index (χ3n) is 2.90. The van der Waals surface area contributed by atoms with Crippen LogP contribution in [0, 0.1) is 17.1 Å². The summed E-state index contributed by atoms with van der Waals surface area (Å²) in [6.45, 7) is 4.93. The van der Waals surface area contributed by atoms with Gasteiger partial charge in [0.25, 0.3) is 0 Å². The average Bonchev–Trinajstić information content (AvgIpc) is 2.32. The fourth-order valence-corrected chi connectivity index (χ4v) is 2.02. The summed E-state index contributed by atoms with van der Waals surface area (Å²) in [6, 6.07) is 6.57. The standard InChI is InChI=1S/C13H15FN2O/c1-10-8-16(4-5-17-10)9-12-3-2-11(7-15)6-13(12)14/h2-3,6,10H,4-5,8-9H2,1H3. The molecule has 0 aliphatic carbocycles. The van der Waals surface area contributed by atoms with Gasteiger partial charge in [0, 0.05) is 25.2 Å². The summed E-state index contributed by atoms with van der Waals surface area (Å²) in [5.74, 6) is -0.303. The molecule has 1 aliphatic rings. The second kappa shape index (κ2) is 5.26. The maximum absolute atomic E-state index is 13.7. The molecule has 0 bridgehead atoms. The van der Waals surface area contributed by atoms with Gasteiger partial charge in [-0.1, -0.05) is 6.07 Å². The van der Waals surface area contributed by atoms with Crippen molar-refractivity contribution < 1.29 is 9.13 Å². The predicted octanol–water partition coefficient (Wildman–Crippen LogP) is 1.92. The highest BCUT2D eigenvalue weighted by molar-refractivity contribution is 5.32. The zero-order chi connectivity index (χ0) is 12.3. The molecule has 0 spiro atoms. The van der Waals surface area contributed by atoms with Crippen molar-refractivity contribution in [2.45, 2.75) is 19.6 Å². The topological polar surface area (TPSA) is 36.3 Å². The van der Waals surface area contributed by atoms with Gasteiger partial charge in [-0.25, -0.2) is 4.39 Å². The fourth-order valence-electron chi connectivity index (χ4n) is 2.02. The van der Waals surface area contributed by atoms with Crippen molar-refractivity contribution in [3.05, 3.63) is 35.1 Å². The van der Waals surface area contributed by atoms with Crippen LogP contribution in [0.5, 0.6) is 0 Å². The first kappa shape index (κ1) is 12.0. The minimum atomic E-state index is -0.303. The summed E-state index contributed by atoms with van der Waals surface area (Å²) in [6.07, 6.45) is 0.199. The summed E-state index contributed by atoms with van der Waals surface area (Å²) in [7, 11) is 0. The number of hydrogen-bond donors (Lipinski definition) is 0. The molecule has 2 rings (SSSR count). The van der Waals surface area contributed by atoms with Gasteiger partial charge in [-0.05, 0) is 19.1 Å². The molecular weight excluding hydrogens is 219 g/mol. The minimum absolute atomic E-state index is 0.199. The number of hydrogen-bond acceptors (Lipinski definition) is 3. The highest BCUT2D eigenvalue weighted by Crippen LogP contribution is 2.14. The van der Waals surface area contributed by atoms with Crippen molar-refractivity contribution in [2.24, 2.45) is 0 Å². The van der Waals surface area contributed by atoms with Crippen molar-refractivity contribution in [3.8, 4) is 6.07 Å². The Labute approximate surface area is 100 Å².